The molecule has 9 heteroatoms. The minimum absolute atomic E-state index is 0.0782. The smallest absolute Gasteiger partial charge is 0.322 e. The number of aromatic nitrogens is 2. The van der Waals surface area contributed by atoms with Crippen molar-refractivity contribution in [2.75, 3.05) is 5.32 Å². The van der Waals surface area contributed by atoms with Gasteiger partial charge in [0.2, 0.25) is 5.89 Å². The van der Waals surface area contributed by atoms with Gasteiger partial charge in [-0.3, -0.25) is 20.2 Å². The number of nitro benzene ring substituents is 1. The van der Waals surface area contributed by atoms with Gasteiger partial charge < -0.3 is 4.42 Å². The lowest BCUT2D eigenvalue weighted by atomic mass is 10.1. The predicted molar refractivity (Wildman–Crippen MR) is 106 cm³/mol. The first-order chi connectivity index (χ1) is 13.4. The van der Waals surface area contributed by atoms with Crippen LogP contribution in [0.5, 0.6) is 0 Å². The molecule has 1 amide bonds. The molecule has 0 saturated heterocycles. The van der Waals surface area contributed by atoms with Crippen molar-refractivity contribution < 1.29 is 14.1 Å². The van der Waals surface area contributed by atoms with Crippen LogP contribution in [0.2, 0.25) is 0 Å². The Balaban J connectivity index is 1.66. The average Bonchev–Trinajstić information content (AvgIpc) is 3.09. The third kappa shape index (κ3) is 4.95. The van der Waals surface area contributed by atoms with Crippen LogP contribution in [-0.2, 0) is 6.42 Å². The van der Waals surface area contributed by atoms with Gasteiger partial charge >= 0.3 is 6.01 Å². The van der Waals surface area contributed by atoms with E-state index in [0.717, 1.165) is 5.56 Å². The van der Waals surface area contributed by atoms with Crippen LogP contribution >= 0.6 is 11.8 Å². The van der Waals surface area contributed by atoms with Crippen molar-refractivity contribution >= 4 is 29.4 Å². The van der Waals surface area contributed by atoms with Crippen LogP contribution in [0.3, 0.4) is 0 Å². The number of amides is 1. The highest BCUT2D eigenvalue weighted by Crippen LogP contribution is 2.24. The molecule has 0 fully saturated rings. The Labute approximate surface area is 165 Å². The molecule has 3 rings (SSSR count). The average molecular weight is 398 g/mol. The molecular formula is C19H18N4O4S. The minimum atomic E-state index is -0.683. The monoisotopic (exact) mass is 398 g/mol. The lowest BCUT2D eigenvalue weighted by Gasteiger charge is -2.05. The molecule has 0 aliphatic heterocycles. The number of thioether (sulfide) groups is 1. The topological polar surface area (TPSA) is 111 Å². The molecule has 0 spiro atoms. The Morgan fingerprint density at radius 3 is 2.57 bits per heavy atom. The second-order valence-electron chi connectivity index (χ2n) is 6.22. The molecule has 28 heavy (non-hydrogen) atoms. The molecule has 0 atom stereocenters. The van der Waals surface area contributed by atoms with Gasteiger partial charge in [0, 0.05) is 16.2 Å². The van der Waals surface area contributed by atoms with E-state index in [0.29, 0.717) is 17.6 Å². The van der Waals surface area contributed by atoms with Gasteiger partial charge in [0.1, 0.15) is 5.56 Å². The lowest BCUT2D eigenvalue weighted by molar-refractivity contribution is -0.385. The van der Waals surface area contributed by atoms with E-state index in [2.05, 4.69) is 29.4 Å². The summed E-state index contributed by atoms with van der Waals surface area (Å²) in [7, 11) is 0. The minimum Gasteiger partial charge on any atom is -0.407 e. The van der Waals surface area contributed by atoms with Crippen molar-refractivity contribution in [3.8, 4) is 0 Å². The molecule has 3 aromatic rings. The van der Waals surface area contributed by atoms with Gasteiger partial charge in [0.15, 0.2) is 0 Å². The SMILES string of the molecule is CC(C)Sc1ccc(Cc2nnc(NC(=O)c3ccccc3[N+](=O)[O-])o2)cc1. The van der Waals surface area contributed by atoms with Crippen LogP contribution in [0.1, 0.15) is 35.7 Å². The number of carbonyl (C=O) groups excluding carboxylic acids is 1. The van der Waals surface area contributed by atoms with Crippen molar-refractivity contribution in [1.29, 1.82) is 0 Å². The van der Waals surface area contributed by atoms with Crippen LogP contribution in [0.25, 0.3) is 0 Å². The lowest BCUT2D eigenvalue weighted by Crippen LogP contribution is -2.14. The predicted octanol–water partition coefficient (Wildman–Crippen LogP) is 4.32. The highest BCUT2D eigenvalue weighted by Gasteiger charge is 2.21. The molecule has 1 heterocycles. The molecule has 144 valence electrons. The Morgan fingerprint density at radius 1 is 1.18 bits per heavy atom. The van der Waals surface area contributed by atoms with Gasteiger partial charge in [0.05, 0.1) is 11.3 Å². The second-order valence-corrected chi connectivity index (χ2v) is 7.87. The maximum atomic E-state index is 12.3. The number of anilines is 1. The summed E-state index contributed by atoms with van der Waals surface area (Å²) < 4.78 is 5.45. The fourth-order valence-corrected chi connectivity index (χ4v) is 3.34. The van der Waals surface area contributed by atoms with Crippen molar-refractivity contribution in [2.45, 2.75) is 30.4 Å². The fourth-order valence-electron chi connectivity index (χ4n) is 2.50. The normalized spacial score (nSPS) is 10.8. The molecule has 0 radical (unpaired) electrons. The number of nitro groups is 1. The summed E-state index contributed by atoms with van der Waals surface area (Å²) in [6, 6.07) is 13.6. The molecule has 0 aliphatic rings. The third-order valence-corrected chi connectivity index (χ3v) is 4.70. The van der Waals surface area contributed by atoms with E-state index in [1.807, 2.05) is 24.3 Å². The second kappa shape index (κ2) is 8.66. The maximum absolute atomic E-state index is 12.3. The zero-order chi connectivity index (χ0) is 20.1. The van der Waals surface area contributed by atoms with E-state index in [4.69, 9.17) is 4.42 Å². The number of benzene rings is 2. The number of nitrogens with zero attached hydrogens (tertiary/aromatic N) is 3. The van der Waals surface area contributed by atoms with E-state index in [1.54, 1.807) is 17.8 Å². The van der Waals surface area contributed by atoms with Crippen LogP contribution in [-0.4, -0.2) is 26.3 Å². The van der Waals surface area contributed by atoms with Gasteiger partial charge in [-0.25, -0.2) is 0 Å². The van der Waals surface area contributed by atoms with Gasteiger partial charge in [-0.1, -0.05) is 43.2 Å². The summed E-state index contributed by atoms with van der Waals surface area (Å²) in [4.78, 5) is 23.9. The zero-order valence-corrected chi connectivity index (χ0v) is 16.1. The standard InChI is InChI=1S/C19H18N4O4S/c1-12(2)28-14-9-7-13(8-10-14)11-17-21-22-19(27-17)20-18(24)15-5-3-4-6-16(15)23(25)26/h3-10,12H,11H2,1-2H3,(H,20,22,24). The number of rotatable bonds is 7. The zero-order valence-electron chi connectivity index (χ0n) is 15.3. The number of para-hydroxylation sites is 1. The van der Waals surface area contributed by atoms with Gasteiger partial charge in [-0.2, -0.15) is 0 Å². The third-order valence-electron chi connectivity index (χ3n) is 3.68. The van der Waals surface area contributed by atoms with Crippen molar-refractivity contribution in [1.82, 2.24) is 10.2 Å². The van der Waals surface area contributed by atoms with Crippen molar-refractivity contribution in [2.24, 2.45) is 0 Å². The van der Waals surface area contributed by atoms with Crippen LogP contribution < -0.4 is 5.32 Å². The summed E-state index contributed by atoms with van der Waals surface area (Å²) in [5, 5.41) is 21.7. The Kier molecular flexibility index (Phi) is 6.05. The first kappa shape index (κ1) is 19.6. The molecule has 1 N–H and O–H groups in total. The van der Waals surface area contributed by atoms with Gasteiger partial charge in [0.25, 0.3) is 11.6 Å². The van der Waals surface area contributed by atoms with Gasteiger partial charge in [-0.05, 0) is 23.8 Å². The largest absolute Gasteiger partial charge is 0.407 e. The molecule has 0 aliphatic carbocycles. The summed E-state index contributed by atoms with van der Waals surface area (Å²) in [5.74, 6) is -0.348. The quantitative estimate of drug-likeness (QED) is 0.358. The molecule has 0 unspecified atom stereocenters. The molecule has 0 saturated carbocycles. The first-order valence-electron chi connectivity index (χ1n) is 8.55. The number of nitrogens with one attached hydrogen (secondary N) is 1. The van der Waals surface area contributed by atoms with E-state index >= 15 is 0 Å². The summed E-state index contributed by atoms with van der Waals surface area (Å²) >= 11 is 1.78. The van der Waals surface area contributed by atoms with Crippen LogP contribution in [0, 0.1) is 10.1 Å². The molecular weight excluding hydrogens is 380 g/mol. The number of hydrogen-bond acceptors (Lipinski definition) is 7. The van der Waals surface area contributed by atoms with E-state index in [-0.39, 0.29) is 17.3 Å². The highest BCUT2D eigenvalue weighted by atomic mass is 32.2. The highest BCUT2D eigenvalue weighted by molar-refractivity contribution is 7.99. The van der Waals surface area contributed by atoms with Crippen LogP contribution in [0.4, 0.5) is 11.7 Å². The molecule has 0 bridgehead atoms. The summed E-state index contributed by atoms with van der Waals surface area (Å²) in [6.45, 7) is 4.27. The van der Waals surface area contributed by atoms with Crippen molar-refractivity contribution in [3.05, 3.63) is 75.7 Å². The number of carbonyl (C=O) groups is 1. The van der Waals surface area contributed by atoms with Crippen molar-refractivity contribution in [3.63, 3.8) is 0 Å². The first-order valence-corrected chi connectivity index (χ1v) is 9.43. The Bertz CT molecular complexity index is 986. The van der Waals surface area contributed by atoms with E-state index in [9.17, 15) is 14.9 Å². The summed E-state index contributed by atoms with van der Waals surface area (Å²) in [6.07, 6.45) is 0.418. The number of hydrogen-bond donors (Lipinski definition) is 1. The summed E-state index contributed by atoms with van der Waals surface area (Å²) in [5.41, 5.74) is 0.623. The fraction of sp³-hybridized carbons (Fsp3) is 0.211. The Hall–Kier alpha value is -3.20. The Morgan fingerprint density at radius 2 is 1.89 bits per heavy atom. The molecule has 2 aromatic carbocycles. The van der Waals surface area contributed by atoms with Gasteiger partial charge in [-0.15, -0.1) is 16.9 Å². The maximum Gasteiger partial charge on any atom is 0.322 e. The van der Waals surface area contributed by atoms with E-state index in [1.165, 1.54) is 23.1 Å². The molecule has 8 nitrogen and oxygen atoms in total. The van der Waals surface area contributed by atoms with E-state index < -0.39 is 10.8 Å². The van der Waals surface area contributed by atoms with Crippen LogP contribution in [0.15, 0.2) is 57.8 Å². The molecule has 1 aromatic heterocycles.